The molecule has 1 unspecified atom stereocenters. The third-order valence-electron chi connectivity index (χ3n) is 2.70. The third kappa shape index (κ3) is 2.74. The standard InChI is InChI=1S/C13H13BrClNS/c1-8(16-2)11-6-7-12(17-11)9-4-3-5-10(15)13(9)14/h3-8,16H,1-2H3. The number of halogens is 2. The number of benzene rings is 1. The highest BCUT2D eigenvalue weighted by Gasteiger charge is 2.11. The van der Waals surface area contributed by atoms with Crippen LogP contribution in [-0.4, -0.2) is 7.05 Å². The summed E-state index contributed by atoms with van der Waals surface area (Å²) in [6.07, 6.45) is 0. The fraction of sp³-hybridized carbons (Fsp3) is 0.231. The summed E-state index contributed by atoms with van der Waals surface area (Å²) in [6.45, 7) is 2.16. The van der Waals surface area contributed by atoms with Crippen LogP contribution in [0.3, 0.4) is 0 Å². The van der Waals surface area contributed by atoms with Gasteiger partial charge in [-0.2, -0.15) is 0 Å². The van der Waals surface area contributed by atoms with Gasteiger partial charge in [0.25, 0.3) is 0 Å². The van der Waals surface area contributed by atoms with E-state index in [-0.39, 0.29) is 0 Å². The van der Waals surface area contributed by atoms with E-state index in [4.69, 9.17) is 11.6 Å². The van der Waals surface area contributed by atoms with Gasteiger partial charge in [-0.1, -0.05) is 23.7 Å². The fourth-order valence-electron chi connectivity index (χ4n) is 1.57. The zero-order chi connectivity index (χ0) is 12.4. The fourth-order valence-corrected chi connectivity index (χ4v) is 3.45. The van der Waals surface area contributed by atoms with Crippen molar-refractivity contribution in [1.82, 2.24) is 5.32 Å². The van der Waals surface area contributed by atoms with Gasteiger partial charge in [0.05, 0.1) is 5.02 Å². The molecule has 1 atom stereocenters. The van der Waals surface area contributed by atoms with E-state index in [1.165, 1.54) is 9.75 Å². The van der Waals surface area contributed by atoms with Crippen LogP contribution >= 0.6 is 38.9 Å². The van der Waals surface area contributed by atoms with Gasteiger partial charge in [0, 0.05) is 25.8 Å². The van der Waals surface area contributed by atoms with Crippen molar-refractivity contribution in [2.24, 2.45) is 0 Å². The van der Waals surface area contributed by atoms with Crippen LogP contribution in [-0.2, 0) is 0 Å². The lowest BCUT2D eigenvalue weighted by atomic mass is 10.2. The molecular formula is C13H13BrClNS. The Bertz CT molecular complexity index is 524. The normalized spacial score (nSPS) is 12.7. The Balaban J connectivity index is 2.40. The molecule has 0 bridgehead atoms. The van der Waals surface area contributed by atoms with Crippen molar-refractivity contribution in [3.05, 3.63) is 44.7 Å². The second-order valence-electron chi connectivity index (χ2n) is 3.81. The minimum atomic E-state index is 0.381. The molecule has 2 rings (SSSR count). The number of rotatable bonds is 3. The van der Waals surface area contributed by atoms with Crippen LogP contribution in [0.5, 0.6) is 0 Å². The third-order valence-corrected chi connectivity index (χ3v) is 5.40. The van der Waals surface area contributed by atoms with Gasteiger partial charge in [0.2, 0.25) is 0 Å². The minimum Gasteiger partial charge on any atom is -0.313 e. The van der Waals surface area contributed by atoms with Gasteiger partial charge in [-0.3, -0.25) is 0 Å². The zero-order valence-corrected chi connectivity index (χ0v) is 12.8. The van der Waals surface area contributed by atoms with Crippen LogP contribution in [0.15, 0.2) is 34.8 Å². The predicted octanol–water partition coefficient (Wildman–Crippen LogP) is 5.11. The van der Waals surface area contributed by atoms with Gasteiger partial charge in [-0.05, 0) is 48.1 Å². The van der Waals surface area contributed by atoms with E-state index in [0.29, 0.717) is 6.04 Å². The largest absolute Gasteiger partial charge is 0.313 e. The first kappa shape index (κ1) is 13.1. The average molecular weight is 331 g/mol. The maximum atomic E-state index is 6.11. The van der Waals surface area contributed by atoms with Crippen LogP contribution in [0.2, 0.25) is 5.02 Å². The van der Waals surface area contributed by atoms with Crippen LogP contribution in [0.25, 0.3) is 10.4 Å². The summed E-state index contributed by atoms with van der Waals surface area (Å²) < 4.78 is 0.965. The van der Waals surface area contributed by atoms with Crippen LogP contribution < -0.4 is 5.32 Å². The summed E-state index contributed by atoms with van der Waals surface area (Å²) in [5.74, 6) is 0. The first-order chi connectivity index (χ1) is 8.13. The molecule has 0 fully saturated rings. The molecule has 90 valence electrons. The van der Waals surface area contributed by atoms with E-state index in [9.17, 15) is 0 Å². The molecular weight excluding hydrogens is 318 g/mol. The molecule has 1 aromatic heterocycles. The average Bonchev–Trinajstić information content (AvgIpc) is 2.81. The highest BCUT2D eigenvalue weighted by Crippen LogP contribution is 2.38. The first-order valence-electron chi connectivity index (χ1n) is 5.35. The van der Waals surface area contributed by atoms with Gasteiger partial charge >= 0.3 is 0 Å². The Morgan fingerprint density at radius 2 is 2.06 bits per heavy atom. The lowest BCUT2D eigenvalue weighted by molar-refractivity contribution is 0.664. The molecule has 0 saturated heterocycles. The highest BCUT2D eigenvalue weighted by molar-refractivity contribution is 9.10. The SMILES string of the molecule is CNC(C)c1ccc(-c2cccc(Cl)c2Br)s1. The summed E-state index contributed by atoms with van der Waals surface area (Å²) >= 11 is 11.4. The molecule has 0 radical (unpaired) electrons. The predicted molar refractivity (Wildman–Crippen MR) is 79.9 cm³/mol. The van der Waals surface area contributed by atoms with Crippen LogP contribution in [0, 0.1) is 0 Å². The molecule has 1 heterocycles. The quantitative estimate of drug-likeness (QED) is 0.824. The van der Waals surface area contributed by atoms with Crippen molar-refractivity contribution in [1.29, 1.82) is 0 Å². The maximum absolute atomic E-state index is 6.11. The van der Waals surface area contributed by atoms with Crippen LogP contribution in [0.1, 0.15) is 17.8 Å². The van der Waals surface area contributed by atoms with Crippen molar-refractivity contribution in [3.8, 4) is 10.4 Å². The number of hydrogen-bond donors (Lipinski definition) is 1. The van der Waals surface area contributed by atoms with Crippen molar-refractivity contribution in [2.75, 3.05) is 7.05 Å². The first-order valence-corrected chi connectivity index (χ1v) is 7.33. The molecule has 1 nitrogen and oxygen atoms in total. The summed E-state index contributed by atoms with van der Waals surface area (Å²) in [5, 5.41) is 3.99. The summed E-state index contributed by atoms with van der Waals surface area (Å²) in [4.78, 5) is 2.56. The smallest absolute Gasteiger partial charge is 0.0554 e. The summed E-state index contributed by atoms with van der Waals surface area (Å²) in [6, 6.07) is 10.6. The van der Waals surface area contributed by atoms with E-state index >= 15 is 0 Å². The monoisotopic (exact) mass is 329 g/mol. The molecule has 0 amide bonds. The molecule has 2 aromatic rings. The van der Waals surface area contributed by atoms with Gasteiger partial charge < -0.3 is 5.32 Å². The van der Waals surface area contributed by atoms with Gasteiger partial charge in [0.1, 0.15) is 0 Å². The van der Waals surface area contributed by atoms with Crippen molar-refractivity contribution < 1.29 is 0 Å². The lowest BCUT2D eigenvalue weighted by Crippen LogP contribution is -2.10. The van der Waals surface area contributed by atoms with E-state index in [1.54, 1.807) is 11.3 Å². The summed E-state index contributed by atoms with van der Waals surface area (Å²) in [5.41, 5.74) is 1.15. The lowest BCUT2D eigenvalue weighted by Gasteiger charge is -2.06. The Morgan fingerprint density at radius 1 is 1.29 bits per heavy atom. The minimum absolute atomic E-state index is 0.381. The van der Waals surface area contributed by atoms with E-state index in [0.717, 1.165) is 15.1 Å². The summed E-state index contributed by atoms with van der Waals surface area (Å²) in [7, 11) is 1.97. The molecule has 0 aliphatic carbocycles. The Hall–Kier alpha value is -0.350. The van der Waals surface area contributed by atoms with E-state index in [1.807, 2.05) is 19.2 Å². The van der Waals surface area contributed by atoms with Gasteiger partial charge in [-0.25, -0.2) is 0 Å². The van der Waals surface area contributed by atoms with Crippen molar-refractivity contribution in [3.63, 3.8) is 0 Å². The van der Waals surface area contributed by atoms with Crippen molar-refractivity contribution in [2.45, 2.75) is 13.0 Å². The van der Waals surface area contributed by atoms with E-state index in [2.05, 4.69) is 46.4 Å². The number of thiophene rings is 1. The van der Waals surface area contributed by atoms with Crippen molar-refractivity contribution >= 4 is 38.9 Å². The Kier molecular flexibility index (Phi) is 4.26. The molecule has 0 saturated carbocycles. The molecule has 1 aromatic carbocycles. The molecule has 4 heteroatoms. The molecule has 1 N–H and O–H groups in total. The molecule has 0 spiro atoms. The maximum Gasteiger partial charge on any atom is 0.0554 e. The van der Waals surface area contributed by atoms with Gasteiger partial charge in [0.15, 0.2) is 0 Å². The Labute approximate surface area is 119 Å². The van der Waals surface area contributed by atoms with E-state index < -0.39 is 0 Å². The van der Waals surface area contributed by atoms with Gasteiger partial charge in [-0.15, -0.1) is 11.3 Å². The number of nitrogens with one attached hydrogen (secondary N) is 1. The molecule has 17 heavy (non-hydrogen) atoms. The molecule has 0 aliphatic heterocycles. The second-order valence-corrected chi connectivity index (χ2v) is 6.13. The number of hydrogen-bond acceptors (Lipinski definition) is 2. The van der Waals surface area contributed by atoms with Crippen LogP contribution in [0.4, 0.5) is 0 Å². The highest BCUT2D eigenvalue weighted by atomic mass is 79.9. The zero-order valence-electron chi connectivity index (χ0n) is 9.63. The topological polar surface area (TPSA) is 12.0 Å². The molecule has 0 aliphatic rings. The Morgan fingerprint density at radius 3 is 2.76 bits per heavy atom. The second kappa shape index (κ2) is 5.53.